The Kier molecular flexibility index (Phi) is 4.31. The van der Waals surface area contributed by atoms with Gasteiger partial charge in [-0.3, -0.25) is 0 Å². The van der Waals surface area contributed by atoms with Gasteiger partial charge < -0.3 is 4.98 Å². The van der Waals surface area contributed by atoms with Gasteiger partial charge in [-0.15, -0.1) is 0 Å². The predicted molar refractivity (Wildman–Crippen MR) is 123 cm³/mol. The van der Waals surface area contributed by atoms with Gasteiger partial charge in [-0.05, 0) is 54.6 Å². The van der Waals surface area contributed by atoms with Gasteiger partial charge in [0.1, 0.15) is 28.5 Å². The fraction of sp³-hybridized carbons (Fsp3) is 0. The molecule has 0 saturated heterocycles. The van der Waals surface area contributed by atoms with E-state index in [-0.39, 0.29) is 0 Å². The molecule has 1 N–H and O–H groups in total. The molecule has 0 radical (unpaired) electrons. The van der Waals surface area contributed by atoms with Crippen molar-refractivity contribution in [3.8, 4) is 0 Å². The number of aromatic nitrogens is 1. The van der Waals surface area contributed by atoms with Gasteiger partial charge in [-0.2, -0.15) is 0 Å². The second-order valence-electron chi connectivity index (χ2n) is 6.89. The third-order valence-corrected chi connectivity index (χ3v) is 9.69. The summed E-state index contributed by atoms with van der Waals surface area (Å²) in [6, 6.07) is 41.9. The maximum Gasteiger partial charge on any atom is 0.145 e. The first kappa shape index (κ1) is 17.0. The highest BCUT2D eigenvalue weighted by Crippen LogP contribution is 2.55. The summed E-state index contributed by atoms with van der Waals surface area (Å²) in [6.45, 7) is 0. The molecule has 0 amide bonds. The largest absolute Gasteiger partial charge is 0.361 e. The highest BCUT2D eigenvalue weighted by molar-refractivity contribution is 8.01. The summed E-state index contributed by atoms with van der Waals surface area (Å²) in [7, 11) is -2.04. The van der Waals surface area contributed by atoms with E-state index in [4.69, 9.17) is 0 Å². The van der Waals surface area contributed by atoms with Crippen LogP contribution in [0.5, 0.6) is 0 Å². The molecule has 0 unspecified atom stereocenters. The number of rotatable bonds is 4. The van der Waals surface area contributed by atoms with E-state index in [0.29, 0.717) is 0 Å². The van der Waals surface area contributed by atoms with Crippen LogP contribution in [0.3, 0.4) is 0 Å². The maximum atomic E-state index is 3.40. The molecule has 0 atom stereocenters. The summed E-state index contributed by atoms with van der Waals surface area (Å²) < 4.78 is 0. The van der Waals surface area contributed by atoms with Crippen LogP contribution < -0.4 is 21.2 Å². The van der Waals surface area contributed by atoms with E-state index in [0.717, 1.165) is 0 Å². The first-order valence-corrected chi connectivity index (χ1v) is 11.3. The minimum atomic E-state index is -2.04. The van der Waals surface area contributed by atoms with Crippen LogP contribution in [0.25, 0.3) is 10.9 Å². The monoisotopic (exact) mass is 378 g/mol. The molecule has 0 bridgehead atoms. The lowest BCUT2D eigenvalue weighted by Gasteiger charge is -2.28. The Morgan fingerprint density at radius 2 is 0.964 bits per heavy atom. The van der Waals surface area contributed by atoms with Gasteiger partial charge in [-0.25, -0.2) is 0 Å². The molecule has 0 spiro atoms. The van der Waals surface area contributed by atoms with E-state index < -0.39 is 7.26 Å². The van der Waals surface area contributed by atoms with Crippen molar-refractivity contribution in [1.82, 2.24) is 4.98 Å². The lowest BCUT2D eigenvalue weighted by molar-refractivity contribution is 1.48. The van der Waals surface area contributed by atoms with E-state index in [2.05, 4.69) is 120 Å². The molecule has 0 aliphatic heterocycles. The summed E-state index contributed by atoms with van der Waals surface area (Å²) in [5, 5.41) is 6.82. The van der Waals surface area contributed by atoms with E-state index in [9.17, 15) is 0 Å². The summed E-state index contributed by atoms with van der Waals surface area (Å²) >= 11 is 0. The van der Waals surface area contributed by atoms with Crippen LogP contribution in [0.4, 0.5) is 0 Å². The van der Waals surface area contributed by atoms with Gasteiger partial charge in [0, 0.05) is 17.1 Å². The van der Waals surface area contributed by atoms with Crippen molar-refractivity contribution >= 4 is 39.4 Å². The number of fused-ring (bicyclic) bond motifs is 1. The van der Waals surface area contributed by atoms with Gasteiger partial charge in [0.15, 0.2) is 0 Å². The fourth-order valence-electron chi connectivity index (χ4n) is 4.18. The molecule has 1 nitrogen and oxygen atoms in total. The van der Waals surface area contributed by atoms with E-state index in [1.54, 1.807) is 0 Å². The van der Waals surface area contributed by atoms with Gasteiger partial charge in [-0.1, -0.05) is 60.7 Å². The highest BCUT2D eigenvalue weighted by atomic mass is 31.2. The van der Waals surface area contributed by atoms with Gasteiger partial charge >= 0.3 is 0 Å². The molecule has 5 rings (SSSR count). The van der Waals surface area contributed by atoms with Crippen LogP contribution in [0, 0.1) is 0 Å². The quantitative estimate of drug-likeness (QED) is 0.433. The molecule has 0 aliphatic carbocycles. The van der Waals surface area contributed by atoms with Crippen molar-refractivity contribution < 1.29 is 0 Å². The van der Waals surface area contributed by atoms with Crippen molar-refractivity contribution in [1.29, 1.82) is 0 Å². The molecular weight excluding hydrogens is 357 g/mol. The summed E-state index contributed by atoms with van der Waals surface area (Å²) in [4.78, 5) is 3.40. The molecule has 5 aromatic rings. The molecule has 1 heterocycles. The van der Waals surface area contributed by atoms with Crippen LogP contribution in [-0.4, -0.2) is 4.98 Å². The second-order valence-corrected chi connectivity index (χ2v) is 10.3. The van der Waals surface area contributed by atoms with Crippen LogP contribution in [-0.2, 0) is 0 Å². The van der Waals surface area contributed by atoms with Gasteiger partial charge in [0.05, 0.1) is 0 Å². The van der Waals surface area contributed by atoms with Gasteiger partial charge in [0.25, 0.3) is 0 Å². The van der Waals surface area contributed by atoms with Crippen LogP contribution in [0.2, 0.25) is 0 Å². The van der Waals surface area contributed by atoms with Crippen molar-refractivity contribution in [3.05, 3.63) is 121 Å². The minimum Gasteiger partial charge on any atom is -0.361 e. The molecule has 28 heavy (non-hydrogen) atoms. The third kappa shape index (κ3) is 2.59. The van der Waals surface area contributed by atoms with E-state index in [1.807, 2.05) is 6.20 Å². The number of aromatic amines is 1. The highest BCUT2D eigenvalue weighted by Gasteiger charge is 2.48. The number of H-pyrrole nitrogens is 1. The summed E-state index contributed by atoms with van der Waals surface area (Å²) in [5.74, 6) is 0. The Balaban J connectivity index is 1.98. The molecule has 134 valence electrons. The minimum absolute atomic E-state index is 1.18. The van der Waals surface area contributed by atoms with Crippen molar-refractivity contribution in [3.63, 3.8) is 0 Å². The topological polar surface area (TPSA) is 15.8 Å². The lowest BCUT2D eigenvalue weighted by atomic mass is 10.2. The lowest BCUT2D eigenvalue weighted by Crippen LogP contribution is -2.38. The molecule has 0 saturated carbocycles. The smallest absolute Gasteiger partial charge is 0.145 e. The summed E-state index contributed by atoms with van der Waals surface area (Å²) in [5.41, 5.74) is 1.18. The molecule has 0 aliphatic rings. The normalized spacial score (nSPS) is 11.6. The maximum absolute atomic E-state index is 3.40. The summed E-state index contributed by atoms with van der Waals surface area (Å²) in [6.07, 6.45) is 2.05. The SMILES string of the molecule is c1ccc([P+](c2ccccc2)(c2ccccc2)c2cccc3[nH]ccc23)cc1. The van der Waals surface area contributed by atoms with E-state index in [1.165, 1.54) is 32.1 Å². The molecular formula is C26H21NP+. The first-order valence-electron chi connectivity index (χ1n) is 9.53. The Hall–Kier alpha value is -3.15. The number of hydrogen-bond acceptors (Lipinski definition) is 0. The standard InChI is InChI=1S/C26H21NP/c1-4-11-21(12-5-1)28(22-13-6-2-7-14-22,23-15-8-3-9-16-23)26-18-10-17-25-24(26)19-20-27-25/h1-20,27H/q+1. The average Bonchev–Trinajstić information content (AvgIpc) is 3.26. The Labute approximate surface area is 166 Å². The molecule has 4 aromatic carbocycles. The van der Waals surface area contributed by atoms with E-state index >= 15 is 0 Å². The Bertz CT molecular complexity index is 1100. The number of benzene rings is 4. The van der Waals surface area contributed by atoms with Crippen LogP contribution >= 0.6 is 7.26 Å². The molecule has 2 heteroatoms. The number of hydrogen-bond donors (Lipinski definition) is 1. The Morgan fingerprint density at radius 1 is 0.464 bits per heavy atom. The zero-order chi connectivity index (χ0) is 18.8. The predicted octanol–water partition coefficient (Wildman–Crippen LogP) is 4.79. The Morgan fingerprint density at radius 3 is 1.46 bits per heavy atom. The van der Waals surface area contributed by atoms with Crippen molar-refractivity contribution in [2.24, 2.45) is 0 Å². The average molecular weight is 378 g/mol. The van der Waals surface area contributed by atoms with Crippen molar-refractivity contribution in [2.75, 3.05) is 0 Å². The molecule has 0 fully saturated rings. The van der Waals surface area contributed by atoms with Crippen LogP contribution in [0.15, 0.2) is 121 Å². The first-order chi connectivity index (χ1) is 13.9. The number of nitrogens with one attached hydrogen (secondary N) is 1. The molecule has 1 aromatic heterocycles. The zero-order valence-corrected chi connectivity index (χ0v) is 16.4. The third-order valence-electron chi connectivity index (χ3n) is 5.36. The van der Waals surface area contributed by atoms with Crippen molar-refractivity contribution in [2.45, 2.75) is 0 Å². The zero-order valence-electron chi connectivity index (χ0n) is 15.5. The second kappa shape index (κ2) is 7.11. The fourth-order valence-corrected chi connectivity index (χ4v) is 8.63. The van der Waals surface area contributed by atoms with Gasteiger partial charge in [0.2, 0.25) is 0 Å². The van der Waals surface area contributed by atoms with Crippen LogP contribution in [0.1, 0.15) is 0 Å².